The van der Waals surface area contributed by atoms with Gasteiger partial charge in [-0.3, -0.25) is 4.99 Å². The highest BCUT2D eigenvalue weighted by atomic mass is 16.5. The number of rotatable bonds is 3. The highest BCUT2D eigenvalue weighted by Crippen LogP contribution is 2.48. The van der Waals surface area contributed by atoms with Gasteiger partial charge < -0.3 is 20.9 Å². The zero-order valence-electron chi connectivity index (χ0n) is 12.2. The fourth-order valence-electron chi connectivity index (χ4n) is 3.82. The van der Waals surface area contributed by atoms with E-state index in [9.17, 15) is 5.11 Å². The Kier molecular flexibility index (Phi) is 4.17. The minimum Gasteiger partial charge on any atom is -0.392 e. The molecule has 2 aliphatic carbocycles. The van der Waals surface area contributed by atoms with Gasteiger partial charge in [0.1, 0.15) is 0 Å². The molecule has 0 amide bonds. The number of nitrogens with one attached hydrogen (secondary N) is 1. The van der Waals surface area contributed by atoms with E-state index in [1.807, 2.05) is 0 Å². The van der Waals surface area contributed by atoms with Crippen LogP contribution in [0.4, 0.5) is 0 Å². The SMILES string of the molecule is NC(=NCC1CCC2(CCOCC2)C1O)NC1CCC1. The third kappa shape index (κ3) is 2.79. The minimum absolute atomic E-state index is 0.0919. The second kappa shape index (κ2) is 5.90. The van der Waals surface area contributed by atoms with Gasteiger partial charge in [0, 0.05) is 37.1 Å². The van der Waals surface area contributed by atoms with Gasteiger partial charge in [-0.15, -0.1) is 0 Å². The van der Waals surface area contributed by atoms with Crippen molar-refractivity contribution in [3.63, 3.8) is 0 Å². The van der Waals surface area contributed by atoms with E-state index in [4.69, 9.17) is 10.5 Å². The summed E-state index contributed by atoms with van der Waals surface area (Å²) in [4.78, 5) is 4.45. The van der Waals surface area contributed by atoms with Crippen molar-refractivity contribution in [1.29, 1.82) is 0 Å². The maximum atomic E-state index is 10.6. The van der Waals surface area contributed by atoms with E-state index in [0.717, 1.165) is 38.9 Å². The molecule has 3 fully saturated rings. The number of aliphatic hydroxyl groups excluding tert-OH is 1. The molecular formula is C15H27N3O2. The first-order valence-corrected chi connectivity index (χ1v) is 8.02. The first-order valence-electron chi connectivity index (χ1n) is 8.02. The second-order valence-electron chi connectivity index (χ2n) is 6.72. The molecule has 0 aromatic rings. The topological polar surface area (TPSA) is 79.9 Å². The molecule has 4 N–H and O–H groups in total. The molecule has 0 aromatic heterocycles. The van der Waals surface area contributed by atoms with Gasteiger partial charge in [0.2, 0.25) is 0 Å². The van der Waals surface area contributed by atoms with Crippen LogP contribution in [0.5, 0.6) is 0 Å². The first kappa shape index (κ1) is 14.1. The van der Waals surface area contributed by atoms with E-state index in [1.165, 1.54) is 19.3 Å². The summed E-state index contributed by atoms with van der Waals surface area (Å²) >= 11 is 0. The van der Waals surface area contributed by atoms with Crippen LogP contribution >= 0.6 is 0 Å². The monoisotopic (exact) mass is 281 g/mol. The van der Waals surface area contributed by atoms with Gasteiger partial charge in [0.05, 0.1) is 6.10 Å². The van der Waals surface area contributed by atoms with E-state index >= 15 is 0 Å². The number of nitrogens with zero attached hydrogens (tertiary/aromatic N) is 1. The van der Waals surface area contributed by atoms with Crippen LogP contribution in [-0.4, -0.2) is 43.0 Å². The molecule has 2 unspecified atom stereocenters. The van der Waals surface area contributed by atoms with Gasteiger partial charge in [0.25, 0.3) is 0 Å². The summed E-state index contributed by atoms with van der Waals surface area (Å²) in [5, 5.41) is 13.9. The zero-order valence-corrected chi connectivity index (χ0v) is 12.2. The third-order valence-electron chi connectivity index (χ3n) is 5.53. The van der Waals surface area contributed by atoms with Gasteiger partial charge >= 0.3 is 0 Å². The summed E-state index contributed by atoms with van der Waals surface area (Å²) in [6.45, 7) is 2.23. The van der Waals surface area contributed by atoms with Crippen molar-refractivity contribution in [2.45, 2.75) is 57.1 Å². The Balaban J connectivity index is 1.51. The summed E-state index contributed by atoms with van der Waals surface area (Å²) in [5.41, 5.74) is 6.01. The van der Waals surface area contributed by atoms with Gasteiger partial charge in [-0.1, -0.05) is 0 Å². The van der Waals surface area contributed by atoms with Crippen molar-refractivity contribution in [2.75, 3.05) is 19.8 Å². The minimum atomic E-state index is -0.244. The van der Waals surface area contributed by atoms with Gasteiger partial charge in [-0.25, -0.2) is 0 Å². The molecule has 2 atom stereocenters. The zero-order chi connectivity index (χ0) is 14.0. The van der Waals surface area contributed by atoms with Crippen LogP contribution in [0.2, 0.25) is 0 Å². The van der Waals surface area contributed by atoms with Gasteiger partial charge in [-0.05, 0) is 44.9 Å². The molecule has 1 spiro atoms. The van der Waals surface area contributed by atoms with Crippen LogP contribution in [0.1, 0.15) is 44.9 Å². The van der Waals surface area contributed by atoms with E-state index < -0.39 is 0 Å². The molecule has 114 valence electrons. The van der Waals surface area contributed by atoms with Gasteiger partial charge in [0.15, 0.2) is 5.96 Å². The highest BCUT2D eigenvalue weighted by molar-refractivity contribution is 5.78. The standard InChI is InChI=1S/C15H27N3O2/c16-14(18-12-2-1-3-12)17-10-11-4-5-15(13(11)19)6-8-20-9-7-15/h11-13,19H,1-10H2,(H3,16,17,18). The summed E-state index contributed by atoms with van der Waals surface area (Å²) in [5.74, 6) is 0.810. The van der Waals surface area contributed by atoms with Crippen LogP contribution < -0.4 is 11.1 Å². The fraction of sp³-hybridized carbons (Fsp3) is 0.933. The van der Waals surface area contributed by atoms with Crippen LogP contribution in [-0.2, 0) is 4.74 Å². The number of aliphatic hydroxyl groups is 1. The number of hydrogen-bond donors (Lipinski definition) is 3. The molecule has 3 rings (SSSR count). The lowest BCUT2D eigenvalue weighted by Crippen LogP contribution is -2.44. The molecule has 1 saturated heterocycles. The number of hydrogen-bond acceptors (Lipinski definition) is 3. The normalized spacial score (nSPS) is 34.1. The summed E-state index contributed by atoms with van der Waals surface area (Å²) in [7, 11) is 0. The highest BCUT2D eigenvalue weighted by Gasteiger charge is 2.47. The molecule has 0 bridgehead atoms. The van der Waals surface area contributed by atoms with Crippen molar-refractivity contribution in [3.8, 4) is 0 Å². The molecule has 1 aliphatic heterocycles. The Bertz CT molecular complexity index is 362. The summed E-state index contributed by atoms with van der Waals surface area (Å²) in [6.07, 6.45) is 7.59. The molecular weight excluding hydrogens is 254 g/mol. The predicted molar refractivity (Wildman–Crippen MR) is 78.5 cm³/mol. The third-order valence-corrected chi connectivity index (χ3v) is 5.53. The van der Waals surface area contributed by atoms with Crippen LogP contribution in [0, 0.1) is 11.3 Å². The van der Waals surface area contributed by atoms with Gasteiger partial charge in [-0.2, -0.15) is 0 Å². The number of ether oxygens (including phenoxy) is 1. The van der Waals surface area contributed by atoms with Crippen molar-refractivity contribution >= 4 is 5.96 Å². The lowest BCUT2D eigenvalue weighted by atomic mass is 9.76. The van der Waals surface area contributed by atoms with Crippen LogP contribution in [0.15, 0.2) is 4.99 Å². The van der Waals surface area contributed by atoms with Crippen LogP contribution in [0.25, 0.3) is 0 Å². The molecule has 3 aliphatic rings. The quantitative estimate of drug-likeness (QED) is 0.533. The van der Waals surface area contributed by atoms with E-state index in [-0.39, 0.29) is 17.4 Å². The maximum Gasteiger partial charge on any atom is 0.188 e. The summed E-state index contributed by atoms with van der Waals surface area (Å²) in [6, 6.07) is 0.522. The maximum absolute atomic E-state index is 10.6. The Morgan fingerprint density at radius 1 is 1.25 bits per heavy atom. The van der Waals surface area contributed by atoms with Crippen molar-refractivity contribution in [1.82, 2.24) is 5.32 Å². The average Bonchev–Trinajstić information content (AvgIpc) is 2.70. The van der Waals surface area contributed by atoms with E-state index in [1.54, 1.807) is 0 Å². The number of nitrogens with two attached hydrogens (primary N) is 1. The van der Waals surface area contributed by atoms with Crippen molar-refractivity contribution in [2.24, 2.45) is 22.1 Å². The van der Waals surface area contributed by atoms with Crippen LogP contribution in [0.3, 0.4) is 0 Å². The Morgan fingerprint density at radius 2 is 2.00 bits per heavy atom. The predicted octanol–water partition coefficient (Wildman–Crippen LogP) is 1.01. The van der Waals surface area contributed by atoms with Crippen molar-refractivity contribution in [3.05, 3.63) is 0 Å². The second-order valence-corrected chi connectivity index (χ2v) is 6.72. The fourth-order valence-corrected chi connectivity index (χ4v) is 3.82. The molecule has 0 radical (unpaired) electrons. The van der Waals surface area contributed by atoms with E-state index in [0.29, 0.717) is 18.5 Å². The lowest BCUT2D eigenvalue weighted by molar-refractivity contribution is -0.0549. The lowest BCUT2D eigenvalue weighted by Gasteiger charge is -2.37. The first-order chi connectivity index (χ1) is 9.70. The average molecular weight is 281 g/mol. The Hall–Kier alpha value is -0.810. The smallest absolute Gasteiger partial charge is 0.188 e. The molecule has 1 heterocycles. The number of guanidine groups is 1. The molecule has 20 heavy (non-hydrogen) atoms. The van der Waals surface area contributed by atoms with E-state index in [2.05, 4.69) is 10.3 Å². The molecule has 5 heteroatoms. The largest absolute Gasteiger partial charge is 0.392 e. The summed E-state index contributed by atoms with van der Waals surface area (Å²) < 4.78 is 5.43. The Morgan fingerprint density at radius 3 is 2.65 bits per heavy atom. The Labute approximate surface area is 121 Å². The molecule has 2 saturated carbocycles. The molecule has 5 nitrogen and oxygen atoms in total. The number of aliphatic imine (C=N–C) groups is 1. The van der Waals surface area contributed by atoms with Crippen molar-refractivity contribution < 1.29 is 9.84 Å². The molecule has 0 aromatic carbocycles.